The van der Waals surface area contributed by atoms with Gasteiger partial charge in [0, 0.05) is 25.7 Å². The van der Waals surface area contributed by atoms with Crippen LogP contribution in [0.5, 0.6) is 0 Å². The fraction of sp³-hybridized carbons (Fsp3) is 0.647. The maximum absolute atomic E-state index is 5.65. The van der Waals surface area contributed by atoms with Gasteiger partial charge in [0.1, 0.15) is 11.5 Å². The summed E-state index contributed by atoms with van der Waals surface area (Å²) >= 11 is 0. The van der Waals surface area contributed by atoms with E-state index in [1.165, 1.54) is 12.8 Å². The zero-order chi connectivity index (χ0) is 16.2. The number of oxazole rings is 2. The predicted octanol–water partition coefficient (Wildman–Crippen LogP) is 2.77. The number of hydrogen-bond acceptors (Lipinski definition) is 6. The van der Waals surface area contributed by atoms with Crippen molar-refractivity contribution in [3.63, 3.8) is 0 Å². The van der Waals surface area contributed by atoms with Crippen LogP contribution in [0.1, 0.15) is 43.1 Å². The molecule has 23 heavy (non-hydrogen) atoms. The highest BCUT2D eigenvalue weighted by Crippen LogP contribution is 2.19. The number of nitrogens with zero attached hydrogens (tertiary/aromatic N) is 4. The largest absolute Gasteiger partial charge is 0.445 e. The number of piperazine rings is 1. The van der Waals surface area contributed by atoms with Gasteiger partial charge in [-0.05, 0) is 20.3 Å². The average Bonchev–Trinajstić information content (AvgIpc) is 3.11. The quantitative estimate of drug-likeness (QED) is 0.816. The van der Waals surface area contributed by atoms with Crippen molar-refractivity contribution in [1.82, 2.24) is 19.8 Å². The molecular weight excluding hydrogens is 292 g/mol. The summed E-state index contributed by atoms with van der Waals surface area (Å²) < 4.78 is 11.3. The molecule has 6 heteroatoms. The predicted molar refractivity (Wildman–Crippen MR) is 86.9 cm³/mol. The van der Waals surface area contributed by atoms with Crippen LogP contribution in [0.25, 0.3) is 0 Å². The van der Waals surface area contributed by atoms with E-state index in [4.69, 9.17) is 8.83 Å². The lowest BCUT2D eigenvalue weighted by Gasteiger charge is -2.40. The zero-order valence-electron chi connectivity index (χ0n) is 14.3. The van der Waals surface area contributed by atoms with Gasteiger partial charge in [0.2, 0.25) is 11.8 Å². The molecular formula is C17H26N4O2. The lowest BCUT2D eigenvalue weighted by atomic mass is 10.1. The fourth-order valence-corrected chi connectivity index (χ4v) is 3.23. The molecule has 1 aliphatic heterocycles. The van der Waals surface area contributed by atoms with Crippen molar-refractivity contribution in [3.05, 3.63) is 35.7 Å². The second-order valence-corrected chi connectivity index (χ2v) is 6.38. The van der Waals surface area contributed by atoms with Crippen molar-refractivity contribution in [2.24, 2.45) is 0 Å². The van der Waals surface area contributed by atoms with Crippen molar-refractivity contribution >= 4 is 0 Å². The molecule has 0 bridgehead atoms. The molecule has 0 amide bonds. The van der Waals surface area contributed by atoms with Crippen LogP contribution in [0.4, 0.5) is 0 Å². The first-order chi connectivity index (χ1) is 11.1. The first-order valence-corrected chi connectivity index (χ1v) is 8.43. The van der Waals surface area contributed by atoms with E-state index in [1.54, 1.807) is 12.4 Å². The molecule has 2 aromatic rings. The second-order valence-electron chi connectivity index (χ2n) is 6.38. The molecule has 1 saturated heterocycles. The van der Waals surface area contributed by atoms with Crippen LogP contribution in [0.3, 0.4) is 0 Å². The highest BCUT2D eigenvalue weighted by molar-refractivity contribution is 4.94. The molecule has 0 aliphatic carbocycles. The molecule has 1 atom stereocenters. The van der Waals surface area contributed by atoms with E-state index in [9.17, 15) is 0 Å². The van der Waals surface area contributed by atoms with E-state index in [2.05, 4.69) is 26.7 Å². The van der Waals surface area contributed by atoms with Crippen molar-refractivity contribution in [1.29, 1.82) is 0 Å². The van der Waals surface area contributed by atoms with Gasteiger partial charge >= 0.3 is 0 Å². The van der Waals surface area contributed by atoms with Crippen LogP contribution < -0.4 is 0 Å². The lowest BCUT2D eigenvalue weighted by molar-refractivity contribution is 0.0486. The minimum Gasteiger partial charge on any atom is -0.445 e. The highest BCUT2D eigenvalue weighted by atomic mass is 16.4. The summed E-state index contributed by atoms with van der Waals surface area (Å²) in [6.07, 6.45) is 5.95. The molecule has 2 aromatic heterocycles. The van der Waals surface area contributed by atoms with Gasteiger partial charge in [-0.25, -0.2) is 9.97 Å². The van der Waals surface area contributed by atoms with E-state index in [-0.39, 0.29) is 0 Å². The molecule has 0 radical (unpaired) electrons. The van der Waals surface area contributed by atoms with E-state index in [0.29, 0.717) is 6.04 Å². The lowest BCUT2D eigenvalue weighted by Crippen LogP contribution is -2.52. The molecule has 126 valence electrons. The van der Waals surface area contributed by atoms with Gasteiger partial charge in [-0.1, -0.05) is 13.3 Å². The first-order valence-electron chi connectivity index (χ1n) is 8.43. The van der Waals surface area contributed by atoms with Crippen LogP contribution in [0.2, 0.25) is 0 Å². The van der Waals surface area contributed by atoms with Crippen LogP contribution >= 0.6 is 0 Å². The Bertz CT molecular complexity index is 622. The molecule has 0 saturated carbocycles. The van der Waals surface area contributed by atoms with Gasteiger partial charge in [-0.2, -0.15) is 0 Å². The van der Waals surface area contributed by atoms with Crippen LogP contribution in [0, 0.1) is 13.8 Å². The minimum absolute atomic E-state index is 0.525. The third-order valence-corrected chi connectivity index (χ3v) is 4.35. The van der Waals surface area contributed by atoms with Crippen LogP contribution in [-0.4, -0.2) is 45.4 Å². The third kappa shape index (κ3) is 4.20. The average molecular weight is 318 g/mol. The summed E-state index contributed by atoms with van der Waals surface area (Å²) in [5, 5.41) is 0. The number of hydrogen-bond donors (Lipinski definition) is 0. The minimum atomic E-state index is 0.525. The summed E-state index contributed by atoms with van der Waals surface area (Å²) in [4.78, 5) is 13.6. The topological polar surface area (TPSA) is 58.5 Å². The molecule has 0 unspecified atom stereocenters. The summed E-state index contributed by atoms with van der Waals surface area (Å²) in [5.41, 5.74) is 0. The molecule has 0 N–H and O–H groups in total. The molecule has 1 aliphatic rings. The molecule has 3 heterocycles. The number of aromatic nitrogens is 2. The molecule has 3 rings (SSSR count). The summed E-state index contributed by atoms with van der Waals surface area (Å²) in [6, 6.07) is 0.525. The van der Waals surface area contributed by atoms with Gasteiger partial charge in [-0.3, -0.25) is 9.80 Å². The van der Waals surface area contributed by atoms with Crippen LogP contribution in [0.15, 0.2) is 21.2 Å². The van der Waals surface area contributed by atoms with Crippen molar-refractivity contribution in [2.75, 3.05) is 19.6 Å². The fourth-order valence-electron chi connectivity index (χ4n) is 3.23. The Kier molecular flexibility index (Phi) is 5.13. The zero-order valence-corrected chi connectivity index (χ0v) is 14.3. The van der Waals surface area contributed by atoms with Gasteiger partial charge in [0.25, 0.3) is 0 Å². The summed E-state index contributed by atoms with van der Waals surface area (Å²) in [7, 11) is 0. The van der Waals surface area contributed by atoms with Crippen molar-refractivity contribution in [2.45, 2.75) is 52.7 Å². The Labute approximate surface area is 137 Å². The standard InChI is InChI=1S/C17H26N4O2/c1-4-5-15-10-20(11-16-18-8-13(2)22-16)6-7-21(15)12-17-19-9-14(3)23-17/h8-9,15H,4-7,10-12H2,1-3H3/t15-/m1/s1. The van der Waals surface area contributed by atoms with E-state index in [0.717, 1.165) is 56.0 Å². The normalized spacial score (nSPS) is 20.2. The van der Waals surface area contributed by atoms with Gasteiger partial charge < -0.3 is 8.83 Å². The van der Waals surface area contributed by atoms with Crippen molar-refractivity contribution < 1.29 is 8.83 Å². The summed E-state index contributed by atoms with van der Waals surface area (Å²) in [6.45, 7) is 10.8. The third-order valence-electron chi connectivity index (χ3n) is 4.35. The SMILES string of the molecule is CCC[C@@H]1CN(Cc2ncc(C)o2)CCN1Cc1ncc(C)o1. The molecule has 6 nitrogen and oxygen atoms in total. The summed E-state index contributed by atoms with van der Waals surface area (Å²) in [5.74, 6) is 3.39. The smallest absolute Gasteiger partial charge is 0.208 e. The Morgan fingerprint density at radius 2 is 1.70 bits per heavy atom. The van der Waals surface area contributed by atoms with E-state index >= 15 is 0 Å². The molecule has 0 aromatic carbocycles. The Morgan fingerprint density at radius 3 is 2.26 bits per heavy atom. The Morgan fingerprint density at radius 1 is 1.04 bits per heavy atom. The monoisotopic (exact) mass is 318 g/mol. The molecule has 1 fully saturated rings. The maximum Gasteiger partial charge on any atom is 0.208 e. The van der Waals surface area contributed by atoms with E-state index < -0.39 is 0 Å². The van der Waals surface area contributed by atoms with Gasteiger partial charge in [0.05, 0.1) is 25.5 Å². The Hall–Kier alpha value is -1.66. The Balaban J connectivity index is 1.60. The number of rotatable bonds is 6. The van der Waals surface area contributed by atoms with Crippen molar-refractivity contribution in [3.8, 4) is 0 Å². The second kappa shape index (κ2) is 7.27. The first kappa shape index (κ1) is 16.2. The highest BCUT2D eigenvalue weighted by Gasteiger charge is 2.28. The maximum atomic E-state index is 5.65. The molecule has 0 spiro atoms. The van der Waals surface area contributed by atoms with Gasteiger partial charge in [0.15, 0.2) is 0 Å². The van der Waals surface area contributed by atoms with Crippen LogP contribution in [-0.2, 0) is 13.1 Å². The number of aryl methyl sites for hydroxylation is 2. The van der Waals surface area contributed by atoms with Gasteiger partial charge in [-0.15, -0.1) is 0 Å². The van der Waals surface area contributed by atoms with E-state index in [1.807, 2.05) is 13.8 Å².